The van der Waals surface area contributed by atoms with Gasteiger partial charge in [-0.1, -0.05) is 61.9 Å². The van der Waals surface area contributed by atoms with Gasteiger partial charge in [0, 0.05) is 5.41 Å². The molecule has 0 heterocycles. The Hall–Kier alpha value is -3.27. The first kappa shape index (κ1) is 20.0. The summed E-state index contributed by atoms with van der Waals surface area (Å²) >= 11 is 0. The fourth-order valence-corrected chi connectivity index (χ4v) is 3.57. The molecule has 4 nitrogen and oxygen atoms in total. The zero-order chi connectivity index (χ0) is 21.1. The molecule has 2 unspecified atom stereocenters. The summed E-state index contributed by atoms with van der Waals surface area (Å²) < 4.78 is 17.5. The summed E-state index contributed by atoms with van der Waals surface area (Å²) in [5, 5.41) is 0. The highest BCUT2D eigenvalue weighted by molar-refractivity contribution is 5.78. The van der Waals surface area contributed by atoms with Crippen molar-refractivity contribution >= 4 is 5.97 Å². The molecular formula is C26H26O4. The van der Waals surface area contributed by atoms with Gasteiger partial charge in [0.25, 0.3) is 0 Å². The Bertz CT molecular complexity index is 1010. The molecule has 0 aliphatic heterocycles. The van der Waals surface area contributed by atoms with Gasteiger partial charge in [0.05, 0.1) is 0 Å². The molecule has 0 N–H and O–H groups in total. The van der Waals surface area contributed by atoms with Gasteiger partial charge in [0.15, 0.2) is 0 Å². The van der Waals surface area contributed by atoms with Crippen molar-refractivity contribution in [1.82, 2.24) is 0 Å². The molecule has 1 fully saturated rings. The molecule has 0 bridgehead atoms. The summed E-state index contributed by atoms with van der Waals surface area (Å²) in [6.45, 7) is 6.30. The van der Waals surface area contributed by atoms with Gasteiger partial charge >= 0.3 is 5.97 Å². The third-order valence-electron chi connectivity index (χ3n) is 5.52. The molecule has 0 saturated heterocycles. The van der Waals surface area contributed by atoms with E-state index in [9.17, 15) is 4.79 Å². The Morgan fingerprint density at radius 3 is 2.30 bits per heavy atom. The van der Waals surface area contributed by atoms with E-state index in [0.29, 0.717) is 5.75 Å². The van der Waals surface area contributed by atoms with Crippen molar-refractivity contribution in [2.45, 2.75) is 33.5 Å². The van der Waals surface area contributed by atoms with E-state index in [0.717, 1.165) is 17.1 Å². The molecule has 1 aliphatic carbocycles. The minimum absolute atomic E-state index is 0.180. The zero-order valence-corrected chi connectivity index (χ0v) is 17.5. The lowest BCUT2D eigenvalue weighted by Crippen LogP contribution is -2.12. The molecule has 0 radical (unpaired) electrons. The molecule has 154 valence electrons. The zero-order valence-electron chi connectivity index (χ0n) is 17.5. The van der Waals surface area contributed by atoms with E-state index in [1.807, 2.05) is 99.6 Å². The molecule has 0 aromatic heterocycles. The van der Waals surface area contributed by atoms with E-state index in [1.54, 1.807) is 0 Å². The molecule has 3 aromatic rings. The minimum atomic E-state index is -0.275. The second-order valence-corrected chi connectivity index (χ2v) is 8.32. The highest BCUT2D eigenvalue weighted by atomic mass is 16.5. The maximum absolute atomic E-state index is 12.7. The molecule has 0 spiro atoms. The summed E-state index contributed by atoms with van der Waals surface area (Å²) in [5.74, 6) is 1.75. The molecule has 4 rings (SSSR count). The lowest BCUT2D eigenvalue weighted by atomic mass is 10.1. The number of ether oxygens (including phenoxy) is 3. The summed E-state index contributed by atoms with van der Waals surface area (Å²) in [6.07, 6.45) is -0.180. The van der Waals surface area contributed by atoms with Crippen molar-refractivity contribution < 1.29 is 19.0 Å². The minimum Gasteiger partial charge on any atom is -0.489 e. The summed E-state index contributed by atoms with van der Waals surface area (Å²) in [6, 6.07) is 25.0. The highest BCUT2D eigenvalue weighted by Gasteiger charge is 2.65. The van der Waals surface area contributed by atoms with E-state index in [2.05, 4.69) is 0 Å². The van der Waals surface area contributed by atoms with Crippen LogP contribution in [-0.4, -0.2) is 12.1 Å². The van der Waals surface area contributed by atoms with Crippen LogP contribution in [0.25, 0.3) is 0 Å². The van der Waals surface area contributed by atoms with Crippen LogP contribution in [-0.2, 0) is 16.1 Å². The van der Waals surface area contributed by atoms with Crippen molar-refractivity contribution in [3.05, 3.63) is 90.0 Å². The van der Waals surface area contributed by atoms with Crippen LogP contribution >= 0.6 is 0 Å². The Labute approximate surface area is 177 Å². The standard InChI is InChI=1S/C26H26O4/c1-18-12-14-21(15-13-18)30-24-23(26(24,2)3)25(27)28-17-19-8-7-11-22(16-19)29-20-9-5-4-6-10-20/h4-16,23-24H,17H2,1-3H3. The van der Waals surface area contributed by atoms with Crippen LogP contribution in [0.15, 0.2) is 78.9 Å². The van der Waals surface area contributed by atoms with Crippen LogP contribution in [0.2, 0.25) is 0 Å². The van der Waals surface area contributed by atoms with E-state index in [4.69, 9.17) is 14.2 Å². The second kappa shape index (κ2) is 8.23. The molecule has 0 amide bonds. The predicted molar refractivity (Wildman–Crippen MR) is 116 cm³/mol. The number of hydrogen-bond donors (Lipinski definition) is 0. The number of benzene rings is 3. The van der Waals surface area contributed by atoms with Gasteiger partial charge in [0.2, 0.25) is 0 Å². The fraction of sp³-hybridized carbons (Fsp3) is 0.269. The molecular weight excluding hydrogens is 376 g/mol. The Morgan fingerprint density at radius 2 is 1.57 bits per heavy atom. The highest BCUT2D eigenvalue weighted by Crippen LogP contribution is 2.54. The van der Waals surface area contributed by atoms with Gasteiger partial charge < -0.3 is 14.2 Å². The summed E-state index contributed by atoms with van der Waals surface area (Å²) in [5.41, 5.74) is 1.80. The smallest absolute Gasteiger partial charge is 0.313 e. The number of esters is 1. The quantitative estimate of drug-likeness (QED) is 0.459. The van der Waals surface area contributed by atoms with Gasteiger partial charge in [-0.3, -0.25) is 4.79 Å². The van der Waals surface area contributed by atoms with Crippen molar-refractivity contribution in [1.29, 1.82) is 0 Å². The van der Waals surface area contributed by atoms with Gasteiger partial charge in [0.1, 0.15) is 35.9 Å². The van der Waals surface area contributed by atoms with Crippen molar-refractivity contribution in [3.63, 3.8) is 0 Å². The Morgan fingerprint density at radius 1 is 0.867 bits per heavy atom. The molecule has 2 atom stereocenters. The molecule has 1 saturated carbocycles. The summed E-state index contributed by atoms with van der Waals surface area (Å²) in [7, 11) is 0. The Balaban J connectivity index is 1.34. The van der Waals surface area contributed by atoms with E-state index < -0.39 is 0 Å². The summed E-state index contributed by atoms with van der Waals surface area (Å²) in [4.78, 5) is 12.7. The predicted octanol–water partition coefficient (Wildman–Crippen LogP) is 5.93. The number of hydrogen-bond acceptors (Lipinski definition) is 4. The number of aryl methyl sites for hydroxylation is 1. The van der Waals surface area contributed by atoms with E-state index >= 15 is 0 Å². The van der Waals surface area contributed by atoms with E-state index in [-0.39, 0.29) is 30.0 Å². The number of carbonyl (C=O) groups is 1. The maximum Gasteiger partial charge on any atom is 0.313 e. The monoisotopic (exact) mass is 402 g/mol. The van der Waals surface area contributed by atoms with Gasteiger partial charge in [-0.2, -0.15) is 0 Å². The van der Waals surface area contributed by atoms with Crippen LogP contribution < -0.4 is 9.47 Å². The van der Waals surface area contributed by atoms with Crippen molar-refractivity contribution in [3.8, 4) is 17.2 Å². The second-order valence-electron chi connectivity index (χ2n) is 8.32. The number of para-hydroxylation sites is 1. The first-order valence-corrected chi connectivity index (χ1v) is 10.2. The number of rotatable bonds is 7. The normalized spacial score (nSPS) is 19.0. The topological polar surface area (TPSA) is 44.8 Å². The number of carbonyl (C=O) groups excluding carboxylic acids is 1. The van der Waals surface area contributed by atoms with Crippen LogP contribution in [0.3, 0.4) is 0 Å². The van der Waals surface area contributed by atoms with Crippen LogP contribution in [0.5, 0.6) is 17.2 Å². The van der Waals surface area contributed by atoms with Crippen molar-refractivity contribution in [2.75, 3.05) is 0 Å². The maximum atomic E-state index is 12.7. The average molecular weight is 402 g/mol. The lowest BCUT2D eigenvalue weighted by Gasteiger charge is -2.09. The van der Waals surface area contributed by atoms with Gasteiger partial charge in [-0.05, 0) is 48.9 Å². The van der Waals surface area contributed by atoms with Gasteiger partial charge in [-0.15, -0.1) is 0 Å². The molecule has 30 heavy (non-hydrogen) atoms. The largest absolute Gasteiger partial charge is 0.489 e. The Kier molecular flexibility index (Phi) is 5.49. The first-order chi connectivity index (χ1) is 14.4. The van der Waals surface area contributed by atoms with Crippen molar-refractivity contribution in [2.24, 2.45) is 11.3 Å². The average Bonchev–Trinajstić information content (AvgIpc) is 3.28. The molecule has 1 aliphatic rings. The molecule has 4 heteroatoms. The van der Waals surface area contributed by atoms with Crippen LogP contribution in [0, 0.1) is 18.3 Å². The fourth-order valence-electron chi connectivity index (χ4n) is 3.57. The third-order valence-corrected chi connectivity index (χ3v) is 5.52. The lowest BCUT2D eigenvalue weighted by molar-refractivity contribution is -0.147. The third kappa shape index (κ3) is 4.48. The van der Waals surface area contributed by atoms with E-state index in [1.165, 1.54) is 5.56 Å². The van der Waals surface area contributed by atoms with Crippen LogP contribution in [0.4, 0.5) is 0 Å². The SMILES string of the molecule is Cc1ccc(OC2C(C(=O)OCc3cccc(Oc4ccccc4)c3)C2(C)C)cc1. The molecule has 3 aromatic carbocycles. The van der Waals surface area contributed by atoms with Crippen LogP contribution in [0.1, 0.15) is 25.0 Å². The first-order valence-electron chi connectivity index (χ1n) is 10.2. The van der Waals surface area contributed by atoms with Gasteiger partial charge in [-0.25, -0.2) is 0 Å².